The molecule has 1 aromatic rings. The first kappa shape index (κ1) is 23.7. The van der Waals surface area contributed by atoms with Gasteiger partial charge in [-0.05, 0) is 0 Å². The summed E-state index contributed by atoms with van der Waals surface area (Å²) in [4.78, 5) is 47.8. The highest BCUT2D eigenvalue weighted by Gasteiger charge is 2.57. The lowest BCUT2D eigenvalue weighted by molar-refractivity contribution is -0.218. The molecule has 168 valence electrons. The van der Waals surface area contributed by atoms with E-state index in [0.717, 1.165) is 12.3 Å². The zero-order valence-corrected chi connectivity index (χ0v) is 17.0. The lowest BCUT2D eigenvalue weighted by atomic mass is 10.1. The molecule has 0 aliphatic carbocycles. The summed E-state index contributed by atoms with van der Waals surface area (Å²) in [5, 5.41) is 20.3. The van der Waals surface area contributed by atoms with Gasteiger partial charge in [0.1, 0.15) is 12.2 Å². The quantitative estimate of drug-likeness (QED) is 0.533. The second kappa shape index (κ2) is 9.06. The van der Waals surface area contributed by atoms with Crippen LogP contribution in [0.15, 0.2) is 21.9 Å². The number of hydrogen-bond donors (Lipinski definition) is 2. The topological polar surface area (TPSA) is 146 Å². The predicted octanol–water partition coefficient (Wildman–Crippen LogP) is -0.718. The van der Waals surface area contributed by atoms with Crippen molar-refractivity contribution in [2.45, 2.75) is 58.7 Å². The molecule has 1 fully saturated rings. The smallest absolute Gasteiger partial charge is 0.335 e. The maximum Gasteiger partial charge on any atom is 0.335 e. The zero-order chi connectivity index (χ0) is 22.8. The molecule has 2 N–H and O–H groups in total. The maximum atomic E-state index is 15.0. The van der Waals surface area contributed by atoms with Crippen LogP contribution in [0.25, 0.3) is 0 Å². The van der Waals surface area contributed by atoms with Crippen molar-refractivity contribution < 1.29 is 38.4 Å². The van der Waals surface area contributed by atoms with Gasteiger partial charge < -0.3 is 24.4 Å². The fourth-order valence-electron chi connectivity index (χ4n) is 2.57. The van der Waals surface area contributed by atoms with E-state index in [0.29, 0.717) is 9.13 Å². The van der Waals surface area contributed by atoms with Crippen LogP contribution in [0.5, 0.6) is 0 Å². The molecule has 0 radical (unpaired) electrons. The van der Waals surface area contributed by atoms with Crippen molar-refractivity contribution in [1.82, 2.24) is 9.13 Å². The SMILES string of the molecule is CC(C)C(=O)OCn1c(=O)ccn([C@@H]2O[C@](F)(COC(=O)C(C)C)[C@@H](O)[C@H]2O)c1=O. The Hall–Kier alpha value is -2.57. The number of nitrogens with zero attached hydrogens (tertiary/aromatic N) is 2. The van der Waals surface area contributed by atoms with Gasteiger partial charge in [-0.25, -0.2) is 13.8 Å². The normalized spacial score (nSPS) is 26.2. The van der Waals surface area contributed by atoms with E-state index < -0.39 is 72.7 Å². The molecule has 2 rings (SSSR count). The Bertz CT molecular complexity index is 910. The van der Waals surface area contributed by atoms with Crippen LogP contribution in [0, 0.1) is 11.8 Å². The van der Waals surface area contributed by atoms with Crippen LogP contribution in [0.4, 0.5) is 4.39 Å². The number of aliphatic hydroxyl groups excluding tert-OH is 2. The fraction of sp³-hybridized carbons (Fsp3) is 0.667. The minimum absolute atomic E-state index is 0.498. The molecule has 2 heterocycles. The van der Waals surface area contributed by atoms with E-state index in [9.17, 15) is 29.4 Å². The third-order valence-electron chi connectivity index (χ3n) is 4.43. The second-order valence-electron chi connectivity index (χ2n) is 7.51. The summed E-state index contributed by atoms with van der Waals surface area (Å²) in [6, 6.07) is 0.921. The van der Waals surface area contributed by atoms with Crippen LogP contribution in [0.1, 0.15) is 33.9 Å². The molecule has 0 spiro atoms. The van der Waals surface area contributed by atoms with E-state index in [4.69, 9.17) is 14.2 Å². The summed E-state index contributed by atoms with van der Waals surface area (Å²) in [7, 11) is 0. The molecule has 1 aliphatic heterocycles. The summed E-state index contributed by atoms with van der Waals surface area (Å²) >= 11 is 0. The van der Waals surface area contributed by atoms with Crippen LogP contribution >= 0.6 is 0 Å². The van der Waals surface area contributed by atoms with Crippen molar-refractivity contribution in [3.05, 3.63) is 33.1 Å². The van der Waals surface area contributed by atoms with Crippen molar-refractivity contribution in [2.75, 3.05) is 6.61 Å². The standard InChI is InChI=1S/C18H25FN2O9/c1-9(2)15(25)28-7-18(19)13(24)12(23)14(30-18)20-6-5-11(22)21(17(20)27)8-29-16(26)10(3)4/h5-6,9-10,12-14,23-24H,7-8H2,1-4H3/t12-,13+,14-,18-/m1/s1. The molecule has 1 aromatic heterocycles. The lowest BCUT2D eigenvalue weighted by Gasteiger charge is -2.23. The van der Waals surface area contributed by atoms with Gasteiger partial charge in [-0.1, -0.05) is 27.7 Å². The van der Waals surface area contributed by atoms with Crippen LogP contribution < -0.4 is 11.2 Å². The highest BCUT2D eigenvalue weighted by atomic mass is 19.2. The molecule has 0 aromatic carbocycles. The molecule has 0 bridgehead atoms. The van der Waals surface area contributed by atoms with Crippen LogP contribution in [0.2, 0.25) is 0 Å². The molecule has 0 saturated carbocycles. The van der Waals surface area contributed by atoms with Crippen molar-refractivity contribution in [1.29, 1.82) is 0 Å². The third-order valence-corrected chi connectivity index (χ3v) is 4.43. The summed E-state index contributed by atoms with van der Waals surface area (Å²) < 4.78 is 30.9. The molecule has 11 nitrogen and oxygen atoms in total. The molecular formula is C18H25FN2O9. The minimum Gasteiger partial charge on any atom is -0.459 e. The average Bonchev–Trinajstić information content (AvgIpc) is 2.90. The second-order valence-corrected chi connectivity index (χ2v) is 7.51. The van der Waals surface area contributed by atoms with Gasteiger partial charge in [0.25, 0.3) is 11.4 Å². The number of aromatic nitrogens is 2. The fourth-order valence-corrected chi connectivity index (χ4v) is 2.57. The molecule has 1 aliphatic rings. The number of aliphatic hydroxyl groups is 2. The number of hydrogen-bond acceptors (Lipinski definition) is 9. The Balaban J connectivity index is 2.27. The summed E-state index contributed by atoms with van der Waals surface area (Å²) in [5.74, 6) is -5.45. The van der Waals surface area contributed by atoms with E-state index in [1.54, 1.807) is 13.8 Å². The first-order valence-electron chi connectivity index (χ1n) is 9.27. The maximum absolute atomic E-state index is 15.0. The first-order valence-corrected chi connectivity index (χ1v) is 9.27. The number of esters is 2. The van der Waals surface area contributed by atoms with Crippen molar-refractivity contribution >= 4 is 11.9 Å². The van der Waals surface area contributed by atoms with E-state index in [1.165, 1.54) is 13.8 Å². The zero-order valence-electron chi connectivity index (χ0n) is 17.0. The number of alkyl halides is 1. The third kappa shape index (κ3) is 4.77. The number of halogens is 1. The average molecular weight is 432 g/mol. The van der Waals surface area contributed by atoms with Gasteiger partial charge in [0.15, 0.2) is 19.6 Å². The van der Waals surface area contributed by atoms with E-state index >= 15 is 4.39 Å². The number of carbonyl (C=O) groups excluding carboxylic acids is 2. The molecule has 0 unspecified atom stereocenters. The Kier molecular flexibility index (Phi) is 7.16. The van der Waals surface area contributed by atoms with Gasteiger partial charge in [0.2, 0.25) is 0 Å². The molecular weight excluding hydrogens is 407 g/mol. The number of ether oxygens (including phenoxy) is 3. The Labute approximate surface area is 170 Å². The number of carbonyl (C=O) groups is 2. The van der Waals surface area contributed by atoms with Gasteiger partial charge in [-0.3, -0.25) is 19.0 Å². The summed E-state index contributed by atoms with van der Waals surface area (Å²) in [6.07, 6.45) is -4.86. The molecule has 4 atom stereocenters. The number of rotatable bonds is 7. The molecule has 1 saturated heterocycles. The molecule has 30 heavy (non-hydrogen) atoms. The summed E-state index contributed by atoms with van der Waals surface area (Å²) in [6.45, 7) is 4.45. The van der Waals surface area contributed by atoms with E-state index in [2.05, 4.69) is 0 Å². The Morgan fingerprint density at radius 1 is 1.17 bits per heavy atom. The summed E-state index contributed by atoms with van der Waals surface area (Å²) in [5.41, 5.74) is -1.88. The van der Waals surface area contributed by atoms with Crippen LogP contribution in [0.3, 0.4) is 0 Å². The molecule has 12 heteroatoms. The first-order chi connectivity index (χ1) is 13.9. The van der Waals surface area contributed by atoms with Crippen molar-refractivity contribution in [3.8, 4) is 0 Å². The van der Waals surface area contributed by atoms with Crippen molar-refractivity contribution in [3.63, 3.8) is 0 Å². The van der Waals surface area contributed by atoms with E-state index in [-0.39, 0.29) is 0 Å². The van der Waals surface area contributed by atoms with E-state index in [1.807, 2.05) is 0 Å². The highest BCUT2D eigenvalue weighted by Crippen LogP contribution is 2.38. The molecule has 0 amide bonds. The van der Waals surface area contributed by atoms with Gasteiger partial charge in [-0.2, -0.15) is 0 Å². The monoisotopic (exact) mass is 432 g/mol. The van der Waals surface area contributed by atoms with Crippen molar-refractivity contribution in [2.24, 2.45) is 11.8 Å². The largest absolute Gasteiger partial charge is 0.459 e. The van der Waals surface area contributed by atoms with Crippen LogP contribution in [-0.4, -0.2) is 56.0 Å². The van der Waals surface area contributed by atoms with Gasteiger partial charge in [0, 0.05) is 12.3 Å². The minimum atomic E-state index is -2.99. The lowest BCUT2D eigenvalue weighted by Crippen LogP contribution is -2.44. The van der Waals surface area contributed by atoms with Gasteiger partial charge in [0.05, 0.1) is 11.8 Å². The predicted molar refractivity (Wildman–Crippen MR) is 97.7 cm³/mol. The highest BCUT2D eigenvalue weighted by molar-refractivity contribution is 5.71. The van der Waals surface area contributed by atoms with Crippen LogP contribution in [-0.2, 0) is 30.5 Å². The Morgan fingerprint density at radius 2 is 1.73 bits per heavy atom. The van der Waals surface area contributed by atoms with Gasteiger partial charge >= 0.3 is 17.6 Å². The Morgan fingerprint density at radius 3 is 2.30 bits per heavy atom. The van der Waals surface area contributed by atoms with Gasteiger partial charge in [-0.15, -0.1) is 0 Å².